The summed E-state index contributed by atoms with van der Waals surface area (Å²) >= 11 is 1.02. The van der Waals surface area contributed by atoms with Crippen molar-refractivity contribution in [3.8, 4) is 10.4 Å². The SMILES string of the molecule is CCOC(=O)c1nc(C(=O)N2CCC[C@@H]2C)c(-c2cnc(N[C@H](CC)C(F)(F)F)cc2C)s1. The second-order valence-electron chi connectivity index (χ2n) is 7.94. The number of nitrogens with zero attached hydrogens (tertiary/aromatic N) is 3. The highest BCUT2D eigenvalue weighted by molar-refractivity contribution is 7.17. The van der Waals surface area contributed by atoms with Crippen molar-refractivity contribution in [2.24, 2.45) is 0 Å². The summed E-state index contributed by atoms with van der Waals surface area (Å²) in [5.41, 5.74) is 1.26. The van der Waals surface area contributed by atoms with Crippen LogP contribution in [-0.2, 0) is 4.74 Å². The third-order valence-corrected chi connectivity index (χ3v) is 6.64. The maximum Gasteiger partial charge on any atom is 0.408 e. The lowest BCUT2D eigenvalue weighted by Gasteiger charge is -2.22. The van der Waals surface area contributed by atoms with Gasteiger partial charge in [0.25, 0.3) is 5.91 Å². The van der Waals surface area contributed by atoms with Crippen LogP contribution in [-0.4, -0.2) is 58.2 Å². The Morgan fingerprint density at radius 2 is 2.09 bits per heavy atom. The summed E-state index contributed by atoms with van der Waals surface area (Å²) in [5.74, 6) is -0.833. The van der Waals surface area contributed by atoms with E-state index in [0.717, 1.165) is 24.2 Å². The first-order valence-electron chi connectivity index (χ1n) is 10.9. The van der Waals surface area contributed by atoms with E-state index < -0.39 is 18.2 Å². The fourth-order valence-electron chi connectivity index (χ4n) is 3.77. The van der Waals surface area contributed by atoms with E-state index in [2.05, 4.69) is 15.3 Å². The average molecular weight is 485 g/mol. The molecule has 0 radical (unpaired) electrons. The van der Waals surface area contributed by atoms with Gasteiger partial charge in [0.05, 0.1) is 11.5 Å². The summed E-state index contributed by atoms with van der Waals surface area (Å²) in [7, 11) is 0. The third-order valence-electron chi connectivity index (χ3n) is 5.57. The number of aryl methyl sites for hydroxylation is 1. The maximum atomic E-state index is 13.3. The summed E-state index contributed by atoms with van der Waals surface area (Å²) in [6.45, 7) is 7.56. The molecule has 1 amide bonds. The zero-order valence-electron chi connectivity index (χ0n) is 19.0. The van der Waals surface area contributed by atoms with Crippen LogP contribution in [0.4, 0.5) is 19.0 Å². The van der Waals surface area contributed by atoms with Crippen molar-refractivity contribution in [3.05, 3.63) is 28.5 Å². The van der Waals surface area contributed by atoms with Crippen LogP contribution in [0.1, 0.15) is 65.9 Å². The van der Waals surface area contributed by atoms with Gasteiger partial charge in [0.15, 0.2) is 0 Å². The molecule has 2 atom stereocenters. The largest absolute Gasteiger partial charge is 0.461 e. The monoisotopic (exact) mass is 484 g/mol. The van der Waals surface area contributed by atoms with Crippen molar-refractivity contribution in [1.82, 2.24) is 14.9 Å². The molecule has 7 nitrogen and oxygen atoms in total. The van der Waals surface area contributed by atoms with Gasteiger partial charge in [-0.1, -0.05) is 6.92 Å². The van der Waals surface area contributed by atoms with Crippen molar-refractivity contribution in [3.63, 3.8) is 0 Å². The molecule has 0 aliphatic carbocycles. The highest BCUT2D eigenvalue weighted by atomic mass is 32.1. The molecule has 0 spiro atoms. The minimum atomic E-state index is -4.40. The number of amides is 1. The van der Waals surface area contributed by atoms with E-state index in [9.17, 15) is 22.8 Å². The summed E-state index contributed by atoms with van der Waals surface area (Å²) in [5, 5.41) is 2.47. The molecule has 11 heteroatoms. The number of likely N-dealkylation sites (tertiary alicyclic amines) is 1. The minimum Gasteiger partial charge on any atom is -0.461 e. The lowest BCUT2D eigenvalue weighted by molar-refractivity contribution is -0.142. The van der Waals surface area contributed by atoms with Crippen LogP contribution in [0.3, 0.4) is 0 Å². The van der Waals surface area contributed by atoms with Crippen molar-refractivity contribution >= 4 is 29.0 Å². The normalized spacial score (nSPS) is 17.2. The quantitative estimate of drug-likeness (QED) is 0.553. The van der Waals surface area contributed by atoms with Gasteiger partial charge in [-0.15, -0.1) is 11.3 Å². The van der Waals surface area contributed by atoms with E-state index in [0.29, 0.717) is 22.5 Å². The minimum absolute atomic E-state index is 0.0479. The van der Waals surface area contributed by atoms with Gasteiger partial charge in [0, 0.05) is 24.3 Å². The molecule has 0 unspecified atom stereocenters. The van der Waals surface area contributed by atoms with Gasteiger partial charge in [-0.25, -0.2) is 14.8 Å². The van der Waals surface area contributed by atoms with Gasteiger partial charge >= 0.3 is 12.1 Å². The molecular weight excluding hydrogens is 457 g/mol. The molecule has 0 bridgehead atoms. The van der Waals surface area contributed by atoms with Crippen molar-refractivity contribution < 1.29 is 27.5 Å². The number of aromatic nitrogens is 2. The van der Waals surface area contributed by atoms with Crippen molar-refractivity contribution in [1.29, 1.82) is 0 Å². The van der Waals surface area contributed by atoms with E-state index in [4.69, 9.17) is 4.74 Å². The van der Waals surface area contributed by atoms with Crippen LogP contribution >= 0.6 is 11.3 Å². The number of anilines is 1. The highest BCUT2D eigenvalue weighted by Gasteiger charge is 2.38. The molecular formula is C22H27F3N4O3S. The molecule has 1 N–H and O–H groups in total. The van der Waals surface area contributed by atoms with Gasteiger partial charge < -0.3 is 15.0 Å². The zero-order valence-corrected chi connectivity index (χ0v) is 19.8. The number of carbonyl (C=O) groups is 2. The van der Waals surface area contributed by atoms with E-state index in [1.807, 2.05) is 6.92 Å². The van der Waals surface area contributed by atoms with Crippen LogP contribution in [0, 0.1) is 6.92 Å². The van der Waals surface area contributed by atoms with E-state index >= 15 is 0 Å². The summed E-state index contributed by atoms with van der Waals surface area (Å²) < 4.78 is 44.4. The highest BCUT2D eigenvalue weighted by Crippen LogP contribution is 2.36. The fraction of sp³-hybridized carbons (Fsp3) is 0.545. The van der Waals surface area contributed by atoms with Crippen LogP contribution in [0.5, 0.6) is 0 Å². The third kappa shape index (κ3) is 5.45. The molecule has 0 saturated carbocycles. The summed E-state index contributed by atoms with van der Waals surface area (Å²) in [6.07, 6.45) is -1.37. The first-order valence-corrected chi connectivity index (χ1v) is 11.7. The van der Waals surface area contributed by atoms with Crippen LogP contribution in [0.25, 0.3) is 10.4 Å². The number of ether oxygens (including phenoxy) is 1. The molecule has 1 aliphatic rings. The Hall–Kier alpha value is -2.69. The second kappa shape index (κ2) is 10.1. The van der Waals surface area contributed by atoms with Gasteiger partial charge in [-0.2, -0.15) is 13.2 Å². The topological polar surface area (TPSA) is 84.4 Å². The van der Waals surface area contributed by atoms with E-state index in [1.165, 1.54) is 19.2 Å². The Morgan fingerprint density at radius 1 is 1.36 bits per heavy atom. The summed E-state index contributed by atoms with van der Waals surface area (Å²) in [4.78, 5) is 36.2. The first kappa shape index (κ1) is 24.9. The number of esters is 1. The number of carbonyl (C=O) groups excluding carboxylic acids is 2. The maximum absolute atomic E-state index is 13.3. The number of hydrogen-bond donors (Lipinski definition) is 1. The van der Waals surface area contributed by atoms with Crippen LogP contribution in [0.2, 0.25) is 0 Å². The number of thiazole rings is 1. The van der Waals surface area contributed by atoms with Crippen LogP contribution < -0.4 is 5.32 Å². The molecule has 33 heavy (non-hydrogen) atoms. The number of pyridine rings is 1. The Morgan fingerprint density at radius 3 is 2.64 bits per heavy atom. The van der Waals surface area contributed by atoms with Gasteiger partial charge in [0.2, 0.25) is 5.01 Å². The van der Waals surface area contributed by atoms with Crippen molar-refractivity contribution in [2.45, 2.75) is 65.2 Å². The zero-order chi connectivity index (χ0) is 24.3. The molecule has 2 aromatic rings. The average Bonchev–Trinajstić information content (AvgIpc) is 3.37. The van der Waals surface area contributed by atoms with Gasteiger partial charge in [-0.05, 0) is 51.7 Å². The second-order valence-corrected chi connectivity index (χ2v) is 8.94. The molecule has 3 heterocycles. The first-order chi connectivity index (χ1) is 15.6. The predicted octanol–water partition coefficient (Wildman–Crippen LogP) is 5.07. The molecule has 2 aromatic heterocycles. The van der Waals surface area contributed by atoms with Gasteiger partial charge in [-0.3, -0.25) is 4.79 Å². The molecule has 1 fully saturated rings. The fourth-order valence-corrected chi connectivity index (χ4v) is 4.79. The van der Waals surface area contributed by atoms with E-state index in [1.54, 1.807) is 18.7 Å². The molecule has 180 valence electrons. The predicted molar refractivity (Wildman–Crippen MR) is 120 cm³/mol. The number of halogens is 3. The Kier molecular flexibility index (Phi) is 7.61. The Labute approximate surface area is 194 Å². The van der Waals surface area contributed by atoms with Crippen molar-refractivity contribution in [2.75, 3.05) is 18.5 Å². The molecule has 1 saturated heterocycles. The lowest BCUT2D eigenvalue weighted by Crippen LogP contribution is -2.35. The number of hydrogen-bond acceptors (Lipinski definition) is 7. The van der Waals surface area contributed by atoms with Gasteiger partial charge in [0.1, 0.15) is 17.6 Å². The van der Waals surface area contributed by atoms with Crippen LogP contribution in [0.15, 0.2) is 12.3 Å². The molecule has 0 aromatic carbocycles. The number of nitrogens with one attached hydrogen (secondary N) is 1. The summed E-state index contributed by atoms with van der Waals surface area (Å²) in [6, 6.07) is -0.166. The molecule has 1 aliphatic heterocycles. The Bertz CT molecular complexity index is 1020. The standard InChI is InChI=1S/C22H27F3N4O3S/c1-5-15(22(23,24)25)27-16-10-12(3)14(11-26-16)18-17(20(30)29-9-7-8-13(29)4)28-19(33-18)21(31)32-6-2/h10-11,13,15H,5-9H2,1-4H3,(H,26,27)/t13-,15+/m0/s1. The number of alkyl halides is 3. The smallest absolute Gasteiger partial charge is 0.408 e. The number of rotatable bonds is 7. The lowest BCUT2D eigenvalue weighted by atomic mass is 10.1. The Balaban J connectivity index is 2.00. The van der Waals surface area contributed by atoms with E-state index in [-0.39, 0.29) is 41.5 Å². The molecule has 3 rings (SSSR count).